The number of amides is 3. The number of halogens is 1. The molecule has 0 unspecified atom stereocenters. The zero-order valence-electron chi connectivity index (χ0n) is 21.1. The molecular formula is C28H28ClN3O7. The van der Waals surface area contributed by atoms with Crippen LogP contribution in [-0.4, -0.2) is 65.4 Å². The SMILES string of the molecule is COc1cc(CC(=O)N2C[C@H](O)C[C@H]2COc2ccc(C(=O)O)cc2)ccc1NC(=O)Nc1ccccc1Cl. The number of anilines is 2. The molecule has 0 radical (unpaired) electrons. The van der Waals surface area contributed by atoms with Gasteiger partial charge >= 0.3 is 12.0 Å². The zero-order chi connectivity index (χ0) is 27.9. The fourth-order valence-electron chi connectivity index (χ4n) is 4.31. The van der Waals surface area contributed by atoms with Crippen molar-refractivity contribution in [3.8, 4) is 11.5 Å². The predicted octanol–water partition coefficient (Wildman–Crippen LogP) is 4.27. The molecule has 0 aliphatic carbocycles. The highest BCUT2D eigenvalue weighted by molar-refractivity contribution is 6.33. The van der Waals surface area contributed by atoms with E-state index in [1.54, 1.807) is 59.5 Å². The van der Waals surface area contributed by atoms with Crippen LogP contribution in [0, 0.1) is 0 Å². The highest BCUT2D eigenvalue weighted by Gasteiger charge is 2.34. The van der Waals surface area contributed by atoms with Crippen LogP contribution in [0.1, 0.15) is 22.3 Å². The second-order valence-electron chi connectivity index (χ2n) is 9.00. The molecule has 1 heterocycles. The van der Waals surface area contributed by atoms with E-state index in [1.165, 1.54) is 19.2 Å². The van der Waals surface area contributed by atoms with E-state index in [-0.39, 0.29) is 37.1 Å². The number of benzene rings is 3. The van der Waals surface area contributed by atoms with Crippen molar-refractivity contribution in [1.82, 2.24) is 4.90 Å². The molecule has 0 saturated carbocycles. The van der Waals surface area contributed by atoms with E-state index >= 15 is 0 Å². The van der Waals surface area contributed by atoms with Crippen molar-refractivity contribution in [1.29, 1.82) is 0 Å². The van der Waals surface area contributed by atoms with Crippen LogP contribution >= 0.6 is 11.6 Å². The molecule has 1 aliphatic heterocycles. The van der Waals surface area contributed by atoms with Gasteiger partial charge in [0.05, 0.1) is 47.6 Å². The van der Waals surface area contributed by atoms with Gasteiger partial charge in [-0.1, -0.05) is 29.8 Å². The van der Waals surface area contributed by atoms with Gasteiger partial charge in [-0.15, -0.1) is 0 Å². The number of β-amino-alcohol motifs (C(OH)–C–C–N with tert-alkyl or cyclic N) is 1. The molecule has 0 spiro atoms. The Bertz CT molecular complexity index is 1350. The number of hydrogen-bond acceptors (Lipinski definition) is 6. The highest BCUT2D eigenvalue weighted by Crippen LogP contribution is 2.28. The van der Waals surface area contributed by atoms with Crippen LogP contribution in [0.5, 0.6) is 11.5 Å². The highest BCUT2D eigenvalue weighted by atomic mass is 35.5. The molecule has 1 aliphatic rings. The number of carbonyl (C=O) groups is 3. The number of methoxy groups -OCH3 is 1. The molecule has 11 heteroatoms. The first-order valence-electron chi connectivity index (χ1n) is 12.2. The summed E-state index contributed by atoms with van der Waals surface area (Å²) >= 11 is 6.09. The minimum absolute atomic E-state index is 0.0546. The third-order valence-corrected chi connectivity index (χ3v) is 6.58. The summed E-state index contributed by atoms with van der Waals surface area (Å²) < 4.78 is 11.2. The standard InChI is InChI=1S/C28H28ClN3O7/c1-38-25-12-17(6-11-24(25)31-28(37)30-23-5-3-2-4-22(23)29)13-26(34)32-15-20(33)14-19(32)16-39-21-9-7-18(8-10-21)27(35)36/h2-12,19-20,33H,13-16H2,1H3,(H,35,36)(H2,30,31,37)/t19-,20+/m0/s1. The topological polar surface area (TPSA) is 137 Å². The van der Waals surface area contributed by atoms with Gasteiger partial charge in [0.15, 0.2) is 0 Å². The Kier molecular flexibility index (Phi) is 8.90. The normalized spacial score (nSPS) is 16.4. The molecule has 204 valence electrons. The van der Waals surface area contributed by atoms with Crippen molar-refractivity contribution in [3.05, 3.63) is 82.9 Å². The summed E-state index contributed by atoms with van der Waals surface area (Å²) in [6.07, 6.45) is -0.250. The maximum absolute atomic E-state index is 13.2. The van der Waals surface area contributed by atoms with Crippen LogP contribution in [-0.2, 0) is 11.2 Å². The number of likely N-dealkylation sites (tertiary alicyclic amines) is 1. The third-order valence-electron chi connectivity index (χ3n) is 6.25. The van der Waals surface area contributed by atoms with Gasteiger partial charge in [-0.3, -0.25) is 4.79 Å². The number of rotatable bonds is 9. The summed E-state index contributed by atoms with van der Waals surface area (Å²) in [5.41, 5.74) is 1.68. The Morgan fingerprint density at radius 2 is 1.74 bits per heavy atom. The van der Waals surface area contributed by atoms with Crippen LogP contribution in [0.3, 0.4) is 0 Å². The molecule has 1 saturated heterocycles. The number of para-hydroxylation sites is 1. The number of aromatic carboxylic acids is 1. The number of aliphatic hydroxyl groups is 1. The quantitative estimate of drug-likeness (QED) is 0.310. The number of carboxylic acids is 1. The van der Waals surface area contributed by atoms with Gasteiger partial charge in [0.2, 0.25) is 5.91 Å². The third kappa shape index (κ3) is 7.18. The molecule has 3 aromatic carbocycles. The van der Waals surface area contributed by atoms with Gasteiger partial charge in [-0.25, -0.2) is 9.59 Å². The summed E-state index contributed by atoms with van der Waals surface area (Å²) in [6, 6.07) is 17.0. The van der Waals surface area contributed by atoms with Crippen molar-refractivity contribution in [2.24, 2.45) is 0 Å². The smallest absolute Gasteiger partial charge is 0.335 e. The second kappa shape index (κ2) is 12.5. The Hall–Kier alpha value is -4.28. The second-order valence-corrected chi connectivity index (χ2v) is 9.41. The van der Waals surface area contributed by atoms with Gasteiger partial charge < -0.3 is 35.2 Å². The lowest BCUT2D eigenvalue weighted by atomic mass is 10.1. The minimum Gasteiger partial charge on any atom is -0.495 e. The van der Waals surface area contributed by atoms with Crippen molar-refractivity contribution in [2.45, 2.75) is 25.0 Å². The van der Waals surface area contributed by atoms with Crippen LogP contribution in [0.25, 0.3) is 0 Å². The lowest BCUT2D eigenvalue weighted by molar-refractivity contribution is -0.132. The molecular weight excluding hydrogens is 526 g/mol. The maximum atomic E-state index is 13.2. The fraction of sp³-hybridized carbons (Fsp3) is 0.250. The Morgan fingerprint density at radius 1 is 1.03 bits per heavy atom. The molecule has 4 rings (SSSR count). The van der Waals surface area contributed by atoms with Crippen molar-refractivity contribution in [3.63, 3.8) is 0 Å². The molecule has 0 aromatic heterocycles. The summed E-state index contributed by atoms with van der Waals surface area (Å²) in [6.45, 7) is 0.339. The van der Waals surface area contributed by atoms with E-state index in [0.29, 0.717) is 39.9 Å². The maximum Gasteiger partial charge on any atom is 0.335 e. The Morgan fingerprint density at radius 3 is 2.44 bits per heavy atom. The van der Waals surface area contributed by atoms with Crippen LogP contribution in [0.15, 0.2) is 66.7 Å². The van der Waals surface area contributed by atoms with E-state index in [0.717, 1.165) is 0 Å². The summed E-state index contributed by atoms with van der Waals surface area (Å²) in [4.78, 5) is 38.2. The van der Waals surface area contributed by atoms with Crippen LogP contribution in [0.4, 0.5) is 16.2 Å². The van der Waals surface area contributed by atoms with E-state index < -0.39 is 18.1 Å². The molecule has 39 heavy (non-hydrogen) atoms. The summed E-state index contributed by atoms with van der Waals surface area (Å²) in [5, 5.41) is 25.0. The Labute approximate surface area is 230 Å². The molecule has 1 fully saturated rings. The van der Waals surface area contributed by atoms with E-state index in [9.17, 15) is 19.5 Å². The van der Waals surface area contributed by atoms with Gasteiger partial charge in [-0.05, 0) is 60.5 Å². The predicted molar refractivity (Wildman–Crippen MR) is 146 cm³/mol. The van der Waals surface area contributed by atoms with Crippen molar-refractivity contribution in [2.75, 3.05) is 30.9 Å². The minimum atomic E-state index is -1.03. The largest absolute Gasteiger partial charge is 0.495 e. The summed E-state index contributed by atoms with van der Waals surface area (Å²) in [7, 11) is 1.46. The number of aliphatic hydroxyl groups excluding tert-OH is 1. The van der Waals surface area contributed by atoms with Gasteiger partial charge in [0, 0.05) is 6.54 Å². The molecule has 2 atom stereocenters. The van der Waals surface area contributed by atoms with Gasteiger partial charge in [0.1, 0.15) is 18.1 Å². The number of nitrogens with one attached hydrogen (secondary N) is 2. The molecule has 3 amide bonds. The molecule has 0 bridgehead atoms. The fourth-order valence-corrected chi connectivity index (χ4v) is 4.49. The number of carbonyl (C=O) groups excluding carboxylic acids is 2. The van der Waals surface area contributed by atoms with Gasteiger partial charge in [-0.2, -0.15) is 0 Å². The van der Waals surface area contributed by atoms with Crippen LogP contribution in [0.2, 0.25) is 5.02 Å². The lowest BCUT2D eigenvalue weighted by Gasteiger charge is -2.25. The number of carboxylic acid groups (broad SMARTS) is 1. The number of ether oxygens (including phenoxy) is 2. The van der Waals surface area contributed by atoms with E-state index in [2.05, 4.69) is 10.6 Å². The number of nitrogens with zero attached hydrogens (tertiary/aromatic N) is 1. The molecule has 4 N–H and O–H groups in total. The van der Waals surface area contributed by atoms with E-state index in [1.807, 2.05) is 0 Å². The number of hydrogen-bond donors (Lipinski definition) is 4. The molecule has 10 nitrogen and oxygen atoms in total. The van der Waals surface area contributed by atoms with E-state index in [4.69, 9.17) is 26.2 Å². The monoisotopic (exact) mass is 553 g/mol. The number of urea groups is 1. The lowest BCUT2D eigenvalue weighted by Crippen LogP contribution is -2.40. The molecule has 3 aromatic rings. The summed E-state index contributed by atoms with van der Waals surface area (Å²) in [5.74, 6) is -0.375. The first-order valence-corrected chi connectivity index (χ1v) is 12.5. The first kappa shape index (κ1) is 27.7. The van der Waals surface area contributed by atoms with Crippen molar-refractivity contribution < 1.29 is 34.1 Å². The zero-order valence-corrected chi connectivity index (χ0v) is 21.9. The Balaban J connectivity index is 1.37. The van der Waals surface area contributed by atoms with Crippen molar-refractivity contribution >= 4 is 40.9 Å². The average molecular weight is 554 g/mol. The first-order chi connectivity index (χ1) is 18.7. The van der Waals surface area contributed by atoms with Crippen LogP contribution < -0.4 is 20.1 Å². The van der Waals surface area contributed by atoms with Gasteiger partial charge in [0.25, 0.3) is 0 Å². The average Bonchev–Trinajstić information content (AvgIpc) is 3.30.